The van der Waals surface area contributed by atoms with E-state index >= 15 is 0 Å². The average molecular weight is 556 g/mol. The van der Waals surface area contributed by atoms with Crippen LogP contribution in [0, 0.1) is 6.92 Å². The van der Waals surface area contributed by atoms with Crippen LogP contribution in [0.5, 0.6) is 5.75 Å². The van der Waals surface area contributed by atoms with E-state index in [0.717, 1.165) is 39.4 Å². The Morgan fingerprint density at radius 3 is 2.45 bits per heavy atom. The van der Waals surface area contributed by atoms with Crippen LogP contribution < -0.4 is 10.1 Å². The number of H-pyrrole nitrogens is 1. The molecule has 0 saturated heterocycles. The molecule has 0 radical (unpaired) electrons. The van der Waals surface area contributed by atoms with Crippen LogP contribution in [0.3, 0.4) is 0 Å². The molecule has 1 amide bonds. The Labute approximate surface area is 232 Å². The number of nitrogens with one attached hydrogen (secondary N) is 2. The lowest BCUT2D eigenvalue weighted by atomic mass is 10.1. The fourth-order valence-electron chi connectivity index (χ4n) is 3.69. The summed E-state index contributed by atoms with van der Waals surface area (Å²) in [6.07, 6.45) is 1.41. The zero-order valence-electron chi connectivity index (χ0n) is 21.8. The Morgan fingerprint density at radius 2 is 1.82 bits per heavy atom. The van der Waals surface area contributed by atoms with Crippen molar-refractivity contribution in [1.82, 2.24) is 15.3 Å². The van der Waals surface area contributed by atoms with Crippen molar-refractivity contribution in [2.75, 3.05) is 7.11 Å². The van der Waals surface area contributed by atoms with Gasteiger partial charge in [-0.25, -0.2) is 9.78 Å². The molecule has 200 valence electrons. The number of methoxy groups -OCH3 is 1. The van der Waals surface area contributed by atoms with Gasteiger partial charge in [-0.2, -0.15) is 0 Å². The van der Waals surface area contributed by atoms with Crippen LogP contribution in [0.2, 0.25) is 10.0 Å². The minimum absolute atomic E-state index is 0.293. The van der Waals surface area contributed by atoms with Crippen molar-refractivity contribution < 1.29 is 19.1 Å². The molecule has 38 heavy (non-hydrogen) atoms. The molecule has 0 saturated carbocycles. The van der Waals surface area contributed by atoms with Crippen molar-refractivity contribution in [3.63, 3.8) is 0 Å². The molecule has 0 fully saturated rings. The number of aromatic nitrogens is 2. The highest BCUT2D eigenvalue weighted by Crippen LogP contribution is 2.22. The molecule has 0 spiro atoms. The molecule has 9 heteroatoms. The van der Waals surface area contributed by atoms with Crippen molar-refractivity contribution >= 4 is 46.1 Å². The molecule has 4 aromatic rings. The standard InChI is InChI=1S/C21H23N3O4.C8H8Cl2/c1-4-15(21(26)27-3)24-20(25)14-9-10-18(13(2)11-14)28-12-19-22-16-7-5-6-8-17(16)23-19;1-2-6-3-4-7(9)5-8(6)10/h5-11,15H,4,12H2,1-3H3,(H,22,23)(H,24,25);3-5H,2H2,1H3. The van der Waals surface area contributed by atoms with Crippen LogP contribution >= 0.6 is 23.2 Å². The molecule has 1 aromatic heterocycles. The third-order valence-corrected chi connectivity index (χ3v) is 6.42. The predicted molar refractivity (Wildman–Crippen MR) is 151 cm³/mol. The van der Waals surface area contributed by atoms with Crippen LogP contribution in [0.4, 0.5) is 0 Å². The SMILES string of the molecule is CCC(NC(=O)c1ccc(OCc2nc3ccccc3[nH]2)c(C)c1)C(=O)OC.CCc1ccc(Cl)cc1Cl. The van der Waals surface area contributed by atoms with Gasteiger partial charge >= 0.3 is 5.97 Å². The number of nitrogens with zero attached hydrogens (tertiary/aromatic N) is 1. The van der Waals surface area contributed by atoms with Gasteiger partial charge in [-0.1, -0.05) is 55.2 Å². The van der Waals surface area contributed by atoms with Gasteiger partial charge in [-0.05, 0) is 73.4 Å². The number of fused-ring (bicyclic) bond motifs is 1. The second-order valence-corrected chi connectivity index (χ2v) is 9.36. The maximum atomic E-state index is 12.4. The number of halogens is 2. The minimum atomic E-state index is -0.665. The number of para-hydroxylation sites is 2. The number of aromatic amines is 1. The highest BCUT2D eigenvalue weighted by molar-refractivity contribution is 6.35. The molecule has 0 aliphatic carbocycles. The average Bonchev–Trinajstić information content (AvgIpc) is 3.34. The number of rotatable bonds is 8. The molecule has 2 N–H and O–H groups in total. The van der Waals surface area contributed by atoms with Crippen molar-refractivity contribution in [3.05, 3.63) is 93.2 Å². The minimum Gasteiger partial charge on any atom is -0.485 e. The normalized spacial score (nSPS) is 11.3. The quantitative estimate of drug-likeness (QED) is 0.236. The second kappa shape index (κ2) is 13.8. The van der Waals surface area contributed by atoms with E-state index < -0.39 is 12.0 Å². The molecule has 0 bridgehead atoms. The van der Waals surface area contributed by atoms with Gasteiger partial charge in [0.25, 0.3) is 5.91 Å². The van der Waals surface area contributed by atoms with Crippen molar-refractivity contribution in [3.8, 4) is 5.75 Å². The summed E-state index contributed by atoms with van der Waals surface area (Å²) < 4.78 is 10.5. The van der Waals surface area contributed by atoms with Crippen LogP contribution in [0.25, 0.3) is 11.0 Å². The van der Waals surface area contributed by atoms with Gasteiger partial charge in [0.2, 0.25) is 0 Å². The number of carbonyl (C=O) groups excluding carboxylic acids is 2. The number of benzene rings is 3. The smallest absolute Gasteiger partial charge is 0.328 e. The number of amides is 1. The van der Waals surface area contributed by atoms with E-state index in [4.69, 9.17) is 32.7 Å². The van der Waals surface area contributed by atoms with E-state index in [-0.39, 0.29) is 5.91 Å². The number of aryl methyl sites for hydroxylation is 2. The van der Waals surface area contributed by atoms with Gasteiger partial charge in [-0.3, -0.25) is 4.79 Å². The van der Waals surface area contributed by atoms with Crippen LogP contribution in [0.1, 0.15) is 47.6 Å². The lowest BCUT2D eigenvalue weighted by molar-refractivity contribution is -0.142. The molecule has 1 atom stereocenters. The van der Waals surface area contributed by atoms with Crippen molar-refractivity contribution in [2.24, 2.45) is 0 Å². The first kappa shape index (κ1) is 29.0. The van der Waals surface area contributed by atoms with Gasteiger partial charge in [0.1, 0.15) is 24.2 Å². The Morgan fingerprint density at radius 1 is 1.05 bits per heavy atom. The summed E-state index contributed by atoms with van der Waals surface area (Å²) >= 11 is 11.5. The molecule has 7 nitrogen and oxygen atoms in total. The summed E-state index contributed by atoms with van der Waals surface area (Å²) in [6.45, 7) is 6.03. The van der Waals surface area contributed by atoms with E-state index in [9.17, 15) is 9.59 Å². The molecule has 0 aliphatic rings. The monoisotopic (exact) mass is 555 g/mol. The molecule has 1 unspecified atom stereocenters. The Balaban J connectivity index is 0.000000336. The third kappa shape index (κ3) is 7.73. The fourth-order valence-corrected chi connectivity index (χ4v) is 4.23. The van der Waals surface area contributed by atoms with E-state index in [1.807, 2.05) is 50.2 Å². The first-order valence-electron chi connectivity index (χ1n) is 12.2. The number of carbonyl (C=O) groups is 2. The van der Waals surface area contributed by atoms with Crippen molar-refractivity contribution in [1.29, 1.82) is 0 Å². The number of ether oxygens (including phenoxy) is 2. The lowest BCUT2D eigenvalue weighted by Gasteiger charge is -2.15. The molecule has 4 rings (SSSR count). The topological polar surface area (TPSA) is 93.3 Å². The van der Waals surface area contributed by atoms with E-state index in [1.54, 1.807) is 24.3 Å². The molecular formula is C29H31Cl2N3O4. The molecule has 1 heterocycles. The van der Waals surface area contributed by atoms with Gasteiger partial charge in [0.15, 0.2) is 0 Å². The van der Waals surface area contributed by atoms with Crippen molar-refractivity contribution in [2.45, 2.75) is 46.3 Å². The number of esters is 1. The number of hydrogen-bond donors (Lipinski definition) is 2. The Hall–Kier alpha value is -3.55. The Kier molecular flexibility index (Phi) is 10.6. The summed E-state index contributed by atoms with van der Waals surface area (Å²) in [5.41, 5.74) is 4.26. The largest absolute Gasteiger partial charge is 0.485 e. The zero-order chi connectivity index (χ0) is 27.7. The maximum absolute atomic E-state index is 12.4. The van der Waals surface area contributed by atoms with E-state index in [1.165, 1.54) is 7.11 Å². The van der Waals surface area contributed by atoms with Crippen LogP contribution in [-0.4, -0.2) is 35.0 Å². The first-order valence-corrected chi connectivity index (χ1v) is 13.0. The second-order valence-electron chi connectivity index (χ2n) is 8.52. The third-order valence-electron chi connectivity index (χ3n) is 5.84. The van der Waals surface area contributed by atoms with Gasteiger partial charge in [0, 0.05) is 15.6 Å². The zero-order valence-corrected chi connectivity index (χ0v) is 23.3. The van der Waals surface area contributed by atoms with E-state index in [0.29, 0.717) is 29.4 Å². The van der Waals surface area contributed by atoms with Gasteiger partial charge < -0.3 is 19.8 Å². The predicted octanol–water partition coefficient (Wildman–Crippen LogP) is 6.69. The summed E-state index contributed by atoms with van der Waals surface area (Å²) in [6, 6.07) is 17.8. The number of imidazole rings is 1. The molecular weight excluding hydrogens is 525 g/mol. The summed E-state index contributed by atoms with van der Waals surface area (Å²) in [4.78, 5) is 31.7. The summed E-state index contributed by atoms with van der Waals surface area (Å²) in [5.74, 6) is 0.603. The van der Waals surface area contributed by atoms with Crippen LogP contribution in [-0.2, 0) is 22.6 Å². The highest BCUT2D eigenvalue weighted by Gasteiger charge is 2.20. The van der Waals surface area contributed by atoms with Gasteiger partial charge in [0.05, 0.1) is 18.1 Å². The number of hydrogen-bond acceptors (Lipinski definition) is 5. The fraction of sp³-hybridized carbons (Fsp3) is 0.276. The van der Waals surface area contributed by atoms with E-state index in [2.05, 4.69) is 22.2 Å². The van der Waals surface area contributed by atoms with Crippen LogP contribution in [0.15, 0.2) is 60.7 Å². The Bertz CT molecular complexity index is 1370. The summed E-state index contributed by atoms with van der Waals surface area (Å²) in [5, 5.41) is 4.14. The highest BCUT2D eigenvalue weighted by atomic mass is 35.5. The maximum Gasteiger partial charge on any atom is 0.328 e. The summed E-state index contributed by atoms with van der Waals surface area (Å²) in [7, 11) is 1.30. The molecule has 0 aliphatic heterocycles. The first-order chi connectivity index (χ1) is 18.2. The molecule has 3 aromatic carbocycles. The van der Waals surface area contributed by atoms with Gasteiger partial charge in [-0.15, -0.1) is 0 Å². The lowest BCUT2D eigenvalue weighted by Crippen LogP contribution is -2.41.